The SMILES string of the molecule is CCCCCCCCCCC1=C(c2cc(CCCC)c(CCCC)c(CCCC)c2)[N+](=[N-])C(c2cc(CC)c(CC)c(CC)c2)=C1CCCCC.CCC[CH2][Ni][CH2]CCC. The third-order valence-electron chi connectivity index (χ3n) is 12.7. The van der Waals surface area contributed by atoms with Gasteiger partial charge in [0.25, 0.3) is 0 Å². The summed E-state index contributed by atoms with van der Waals surface area (Å²) >= 11 is 1.94. The van der Waals surface area contributed by atoms with Gasteiger partial charge < -0.3 is 5.53 Å². The van der Waals surface area contributed by atoms with Crippen LogP contribution in [-0.4, -0.2) is 4.70 Å². The van der Waals surface area contributed by atoms with Crippen molar-refractivity contribution in [1.29, 1.82) is 0 Å². The Labute approximate surface area is 380 Å². The van der Waals surface area contributed by atoms with Crippen molar-refractivity contribution >= 4 is 11.4 Å². The van der Waals surface area contributed by atoms with Crippen molar-refractivity contribution < 1.29 is 19.1 Å². The van der Waals surface area contributed by atoms with Gasteiger partial charge in [-0.1, -0.05) is 132 Å². The van der Waals surface area contributed by atoms with Crippen molar-refractivity contribution in [3.63, 3.8) is 0 Å². The second-order valence-corrected chi connectivity index (χ2v) is 19.2. The number of hydrogen-bond donors (Lipinski definition) is 0. The van der Waals surface area contributed by atoms with Crippen molar-refractivity contribution in [2.24, 2.45) is 0 Å². The minimum absolute atomic E-state index is 1.03. The van der Waals surface area contributed by atoms with E-state index in [1.165, 1.54) is 202 Å². The summed E-state index contributed by atoms with van der Waals surface area (Å²) in [5.74, 6) is 0. The average molecular weight is 868 g/mol. The Hall–Kier alpha value is -1.99. The van der Waals surface area contributed by atoms with E-state index in [0.29, 0.717) is 0 Å². The Kier molecular flexibility index (Phi) is 30.3. The Morgan fingerprint density at radius 3 is 1.15 bits per heavy atom. The monoisotopic (exact) mass is 867 g/mol. The summed E-state index contributed by atoms with van der Waals surface area (Å²) in [5, 5.41) is 2.78. The van der Waals surface area contributed by atoms with Gasteiger partial charge in [-0.2, -0.15) is 0 Å². The van der Waals surface area contributed by atoms with Crippen LogP contribution in [0.5, 0.6) is 0 Å². The summed E-state index contributed by atoms with van der Waals surface area (Å²) in [6.07, 6.45) is 35.7. The molecule has 0 unspecified atom stereocenters. The van der Waals surface area contributed by atoms with Gasteiger partial charge in [-0.25, -0.2) is 4.70 Å². The molecule has 0 aromatic heterocycles. The zero-order valence-electron chi connectivity index (χ0n) is 41.4. The molecule has 0 spiro atoms. The average Bonchev–Trinajstić information content (AvgIpc) is 3.54. The van der Waals surface area contributed by atoms with Crippen LogP contribution in [0, 0.1) is 0 Å². The molecule has 60 heavy (non-hydrogen) atoms. The summed E-state index contributed by atoms with van der Waals surface area (Å²) < 4.78 is 1.69. The van der Waals surface area contributed by atoms with E-state index in [4.69, 9.17) is 0 Å². The molecule has 0 saturated heterocycles. The van der Waals surface area contributed by atoms with E-state index >= 15 is 0 Å². The second-order valence-electron chi connectivity index (χ2n) is 17.7. The van der Waals surface area contributed by atoms with Crippen LogP contribution < -0.4 is 0 Å². The van der Waals surface area contributed by atoms with Crippen LogP contribution in [0.15, 0.2) is 35.4 Å². The van der Waals surface area contributed by atoms with Gasteiger partial charge in [0.2, 0.25) is 11.4 Å². The molecule has 3 rings (SSSR count). The van der Waals surface area contributed by atoms with E-state index < -0.39 is 0 Å². The third kappa shape index (κ3) is 18.0. The van der Waals surface area contributed by atoms with Crippen LogP contribution in [0.4, 0.5) is 0 Å². The number of nitrogens with zero attached hydrogens (tertiary/aromatic N) is 2. The molecule has 0 aliphatic carbocycles. The summed E-state index contributed by atoms with van der Waals surface area (Å²) in [5.41, 5.74) is 29.3. The molecule has 0 saturated carbocycles. The molecule has 1 aliphatic heterocycles. The number of unbranched alkanes of at least 4 members (excludes halogenated alkanes) is 14. The first-order valence-corrected chi connectivity index (χ1v) is 27.5. The number of hydrogen-bond acceptors (Lipinski definition) is 0. The van der Waals surface area contributed by atoms with Crippen molar-refractivity contribution in [2.45, 2.75) is 266 Å². The van der Waals surface area contributed by atoms with Gasteiger partial charge >= 0.3 is 64.8 Å². The van der Waals surface area contributed by atoms with Gasteiger partial charge in [0.15, 0.2) is 0 Å². The van der Waals surface area contributed by atoms with E-state index in [0.717, 1.165) is 56.3 Å². The fourth-order valence-electron chi connectivity index (χ4n) is 9.04. The van der Waals surface area contributed by atoms with Crippen LogP contribution in [0.1, 0.15) is 261 Å². The standard InChI is InChI=1S/C49H78N2.2C4H9.Ni/c1-9-17-22-23-24-25-26-28-33-47-46(32-27-18-10-2)48(42-34-38(14-6)44(16-8)39(15-7)35-42)51(50)49(47)43-36-40(29-19-11-3)45(31-21-13-5)41(37-43)30-20-12-4;2*1-3-4-2;/h34-37H,9-33H2,1-8H3;2*1,3-4H2,2H3;. The predicted molar refractivity (Wildman–Crippen MR) is 265 cm³/mol. The molecule has 344 valence electrons. The molecule has 1 heterocycles. The van der Waals surface area contributed by atoms with E-state index in [1.807, 2.05) is 14.4 Å². The zero-order valence-corrected chi connectivity index (χ0v) is 42.4. The zero-order chi connectivity index (χ0) is 44.0. The molecule has 1 aliphatic rings. The first-order chi connectivity index (χ1) is 29.3. The maximum atomic E-state index is 12.7. The molecule has 0 amide bonds. The van der Waals surface area contributed by atoms with Gasteiger partial charge in [-0.3, -0.25) is 0 Å². The molecule has 0 atom stereocenters. The second kappa shape index (κ2) is 33.6. The fraction of sp³-hybridized carbons (Fsp3) is 0.719. The summed E-state index contributed by atoms with van der Waals surface area (Å²) in [6.45, 7) is 23.0. The van der Waals surface area contributed by atoms with Gasteiger partial charge in [0.05, 0.1) is 0 Å². The van der Waals surface area contributed by atoms with Crippen LogP contribution in [0.2, 0.25) is 10.8 Å². The molecule has 0 bridgehead atoms. The van der Waals surface area contributed by atoms with E-state index in [2.05, 4.69) is 93.5 Å². The normalized spacial score (nSPS) is 12.9. The number of benzene rings is 2. The first kappa shape index (κ1) is 54.1. The van der Waals surface area contributed by atoms with Crippen molar-refractivity contribution in [2.75, 3.05) is 0 Å². The molecule has 3 heteroatoms. The van der Waals surface area contributed by atoms with Crippen LogP contribution in [-0.2, 0) is 53.0 Å². The quantitative estimate of drug-likeness (QED) is 0.0388. The van der Waals surface area contributed by atoms with Crippen LogP contribution >= 0.6 is 0 Å². The number of allylic oxidation sites excluding steroid dienone is 2. The van der Waals surface area contributed by atoms with E-state index in [-0.39, 0.29) is 0 Å². The Morgan fingerprint density at radius 2 is 0.733 bits per heavy atom. The molecule has 0 fully saturated rings. The molecular formula is C57H96N2Ni. The fourth-order valence-corrected chi connectivity index (χ4v) is 10.5. The van der Waals surface area contributed by atoms with Crippen molar-refractivity contribution in [3.8, 4) is 0 Å². The van der Waals surface area contributed by atoms with Crippen LogP contribution in [0.25, 0.3) is 16.9 Å². The van der Waals surface area contributed by atoms with Gasteiger partial charge in [-0.15, -0.1) is 0 Å². The van der Waals surface area contributed by atoms with E-state index in [1.54, 1.807) is 10.3 Å². The van der Waals surface area contributed by atoms with Crippen LogP contribution in [0.3, 0.4) is 0 Å². The molecule has 0 N–H and O–H groups in total. The summed E-state index contributed by atoms with van der Waals surface area (Å²) in [7, 11) is 0. The van der Waals surface area contributed by atoms with Gasteiger partial charge in [-0.05, 0) is 141 Å². The minimum atomic E-state index is 1.03. The number of aryl methyl sites for hydroxylation is 4. The predicted octanol–water partition coefficient (Wildman–Crippen LogP) is 19.2. The summed E-state index contributed by atoms with van der Waals surface area (Å²) in [6, 6.07) is 9.90. The van der Waals surface area contributed by atoms with Gasteiger partial charge in [0.1, 0.15) is 0 Å². The topological polar surface area (TPSA) is 25.3 Å². The van der Waals surface area contributed by atoms with E-state index in [9.17, 15) is 5.53 Å². The molecular weight excluding hydrogens is 771 g/mol. The molecule has 2 aromatic carbocycles. The Morgan fingerprint density at radius 1 is 0.367 bits per heavy atom. The molecule has 2 aromatic rings. The van der Waals surface area contributed by atoms with Gasteiger partial charge in [0, 0.05) is 22.3 Å². The first-order valence-electron chi connectivity index (χ1n) is 26.1. The number of rotatable bonds is 33. The van der Waals surface area contributed by atoms with Crippen molar-refractivity contribution in [3.05, 3.63) is 85.5 Å². The molecule has 2 nitrogen and oxygen atoms in total. The Bertz CT molecular complexity index is 1480. The maximum absolute atomic E-state index is 12.7. The summed E-state index contributed by atoms with van der Waals surface area (Å²) in [4.78, 5) is 0. The van der Waals surface area contributed by atoms with Crippen molar-refractivity contribution in [1.82, 2.24) is 0 Å². The molecule has 0 radical (unpaired) electrons. The Balaban J connectivity index is 0.00000123. The third-order valence-corrected chi connectivity index (χ3v) is 14.1.